The van der Waals surface area contributed by atoms with Crippen molar-refractivity contribution in [2.45, 2.75) is 0 Å². The van der Waals surface area contributed by atoms with E-state index in [0.717, 1.165) is 0 Å². The smallest absolute Gasteiger partial charge is 0.265 e. The van der Waals surface area contributed by atoms with Crippen LogP contribution >= 0.6 is 35.6 Å². The van der Waals surface area contributed by atoms with E-state index in [1.54, 1.807) is 36.3 Å². The number of hydrogen-bond acceptors (Lipinski definition) is 2. The molecule has 16 heavy (non-hydrogen) atoms. The third kappa shape index (κ3) is 5.03. The summed E-state index contributed by atoms with van der Waals surface area (Å²) in [6.07, 6.45) is 0. The van der Waals surface area contributed by atoms with Crippen LogP contribution in [-0.4, -0.2) is 30.4 Å². The first-order valence-corrected chi connectivity index (χ1v) is 5.38. The summed E-state index contributed by atoms with van der Waals surface area (Å²) in [6.45, 7) is 0.598. The third-order valence-corrected chi connectivity index (χ3v) is 2.24. The average molecular weight is 284 g/mol. The number of hydrogen-bond donors (Lipinski definition) is 1. The lowest BCUT2D eigenvalue weighted by Gasteiger charge is -2.16. The molecule has 0 aliphatic heterocycles. The van der Waals surface area contributed by atoms with E-state index < -0.39 is 0 Å². The van der Waals surface area contributed by atoms with Crippen LogP contribution in [-0.2, 0) is 0 Å². The summed E-state index contributed by atoms with van der Waals surface area (Å²) in [5.74, 6) is 0.302. The molecule has 0 radical (unpaired) electrons. The summed E-state index contributed by atoms with van der Waals surface area (Å²) < 4.78 is 0. The van der Waals surface area contributed by atoms with E-state index in [-0.39, 0.29) is 18.3 Å². The molecule has 0 bridgehead atoms. The molecular formula is C10H13Cl3N2O. The van der Waals surface area contributed by atoms with Crippen molar-refractivity contribution < 1.29 is 4.79 Å². The number of halogens is 3. The van der Waals surface area contributed by atoms with Crippen molar-refractivity contribution in [3.05, 3.63) is 34.9 Å². The molecule has 1 amide bonds. The van der Waals surface area contributed by atoms with Crippen LogP contribution in [0, 0.1) is 0 Å². The number of alkyl halides is 1. The fourth-order valence-corrected chi connectivity index (χ4v) is 1.40. The predicted molar refractivity (Wildman–Crippen MR) is 69.5 cm³/mol. The molecule has 0 spiro atoms. The minimum absolute atomic E-state index is 0. The summed E-state index contributed by atoms with van der Waals surface area (Å²) >= 11 is 11.2. The van der Waals surface area contributed by atoms with Gasteiger partial charge in [-0.15, -0.1) is 24.0 Å². The number of nitrogens with one attached hydrogen (secondary N) is 1. The molecule has 0 aliphatic rings. The van der Waals surface area contributed by atoms with Gasteiger partial charge in [0.25, 0.3) is 5.91 Å². The highest BCUT2D eigenvalue weighted by molar-refractivity contribution is 6.30. The van der Waals surface area contributed by atoms with Crippen LogP contribution in [0.3, 0.4) is 0 Å². The van der Waals surface area contributed by atoms with E-state index >= 15 is 0 Å². The van der Waals surface area contributed by atoms with E-state index in [2.05, 4.69) is 5.43 Å². The number of rotatable bonds is 4. The molecule has 1 rings (SSSR count). The Balaban J connectivity index is 0.00000225. The van der Waals surface area contributed by atoms with Gasteiger partial charge in [-0.05, 0) is 24.3 Å². The number of nitrogens with zero attached hydrogens (tertiary/aromatic N) is 1. The van der Waals surface area contributed by atoms with Crippen molar-refractivity contribution in [1.29, 1.82) is 0 Å². The zero-order chi connectivity index (χ0) is 11.3. The number of carbonyl (C=O) groups is 1. The monoisotopic (exact) mass is 282 g/mol. The van der Waals surface area contributed by atoms with Gasteiger partial charge in [0.2, 0.25) is 0 Å². The maximum atomic E-state index is 11.6. The van der Waals surface area contributed by atoms with Crippen molar-refractivity contribution in [3.63, 3.8) is 0 Å². The lowest BCUT2D eigenvalue weighted by atomic mass is 10.2. The van der Waals surface area contributed by atoms with E-state index in [0.29, 0.717) is 23.0 Å². The fourth-order valence-electron chi connectivity index (χ4n) is 1.02. The van der Waals surface area contributed by atoms with E-state index in [1.165, 1.54) is 0 Å². The molecule has 0 aromatic heterocycles. The van der Waals surface area contributed by atoms with Gasteiger partial charge >= 0.3 is 0 Å². The quantitative estimate of drug-likeness (QED) is 0.680. The summed E-state index contributed by atoms with van der Waals surface area (Å²) in [7, 11) is 1.76. The van der Waals surface area contributed by atoms with Gasteiger partial charge in [-0.25, -0.2) is 5.01 Å². The Labute approximate surface area is 111 Å². The largest absolute Gasteiger partial charge is 0.285 e. The molecule has 0 heterocycles. The fraction of sp³-hybridized carbons (Fsp3) is 0.300. The molecule has 0 fully saturated rings. The van der Waals surface area contributed by atoms with Crippen molar-refractivity contribution in [1.82, 2.24) is 10.4 Å². The number of benzene rings is 1. The third-order valence-electron chi connectivity index (χ3n) is 1.82. The Hall–Kier alpha value is -0.480. The van der Waals surface area contributed by atoms with Gasteiger partial charge in [0, 0.05) is 30.1 Å². The van der Waals surface area contributed by atoms with Crippen molar-refractivity contribution >= 4 is 41.5 Å². The molecule has 0 atom stereocenters. The topological polar surface area (TPSA) is 32.3 Å². The second kappa shape index (κ2) is 7.74. The standard InChI is InChI=1S/C10H12Cl2N2O.ClH/c1-14(7-6-11)13-10(15)8-2-4-9(12)5-3-8;/h2-5H,6-7H2,1H3,(H,13,15);1H. The van der Waals surface area contributed by atoms with Crippen molar-refractivity contribution in [3.8, 4) is 0 Å². The van der Waals surface area contributed by atoms with Gasteiger partial charge in [-0.3, -0.25) is 10.2 Å². The van der Waals surface area contributed by atoms with Gasteiger partial charge in [0.15, 0.2) is 0 Å². The van der Waals surface area contributed by atoms with E-state index in [9.17, 15) is 4.79 Å². The minimum Gasteiger partial charge on any atom is -0.285 e. The molecule has 3 nitrogen and oxygen atoms in total. The van der Waals surface area contributed by atoms with Crippen LogP contribution in [0.5, 0.6) is 0 Å². The minimum atomic E-state index is -0.167. The summed E-state index contributed by atoms with van der Waals surface area (Å²) in [5, 5.41) is 2.25. The molecule has 6 heteroatoms. The lowest BCUT2D eigenvalue weighted by Crippen LogP contribution is -2.40. The van der Waals surface area contributed by atoms with Crippen LogP contribution in [0.4, 0.5) is 0 Å². The first kappa shape index (κ1) is 15.5. The highest BCUT2D eigenvalue weighted by atomic mass is 35.5. The van der Waals surface area contributed by atoms with Crippen LogP contribution < -0.4 is 5.43 Å². The second-order valence-corrected chi connectivity index (χ2v) is 3.87. The summed E-state index contributed by atoms with van der Waals surface area (Å²) in [5.41, 5.74) is 3.25. The molecule has 90 valence electrons. The molecule has 1 aromatic carbocycles. The number of carbonyl (C=O) groups excluding carboxylic acids is 1. The SMILES string of the molecule is CN(CCCl)NC(=O)c1ccc(Cl)cc1.Cl. The normalized spacial score (nSPS) is 9.75. The Morgan fingerprint density at radius 1 is 1.38 bits per heavy atom. The van der Waals surface area contributed by atoms with Crippen LogP contribution in [0.2, 0.25) is 5.02 Å². The number of amides is 1. The van der Waals surface area contributed by atoms with E-state index in [1.807, 2.05) is 0 Å². The van der Waals surface area contributed by atoms with Crippen molar-refractivity contribution in [2.75, 3.05) is 19.5 Å². The number of hydrazine groups is 1. The Morgan fingerprint density at radius 3 is 2.44 bits per heavy atom. The zero-order valence-electron chi connectivity index (χ0n) is 8.74. The molecule has 1 N–H and O–H groups in total. The maximum absolute atomic E-state index is 11.6. The Kier molecular flexibility index (Phi) is 7.51. The summed E-state index contributed by atoms with van der Waals surface area (Å²) in [4.78, 5) is 11.6. The van der Waals surface area contributed by atoms with Gasteiger partial charge < -0.3 is 0 Å². The van der Waals surface area contributed by atoms with Gasteiger partial charge in [-0.1, -0.05) is 11.6 Å². The highest BCUT2D eigenvalue weighted by Gasteiger charge is 2.06. The highest BCUT2D eigenvalue weighted by Crippen LogP contribution is 2.09. The lowest BCUT2D eigenvalue weighted by molar-refractivity contribution is 0.0836. The maximum Gasteiger partial charge on any atom is 0.265 e. The van der Waals surface area contributed by atoms with Gasteiger partial charge in [0.05, 0.1) is 0 Å². The molecule has 0 saturated heterocycles. The molecular weight excluding hydrogens is 270 g/mol. The Morgan fingerprint density at radius 2 is 1.94 bits per heavy atom. The van der Waals surface area contributed by atoms with Crippen LogP contribution in [0.15, 0.2) is 24.3 Å². The summed E-state index contributed by atoms with van der Waals surface area (Å²) in [6, 6.07) is 6.70. The zero-order valence-corrected chi connectivity index (χ0v) is 11.1. The first-order chi connectivity index (χ1) is 7.13. The van der Waals surface area contributed by atoms with Gasteiger partial charge in [0.1, 0.15) is 0 Å². The van der Waals surface area contributed by atoms with Gasteiger partial charge in [-0.2, -0.15) is 0 Å². The first-order valence-electron chi connectivity index (χ1n) is 4.47. The van der Waals surface area contributed by atoms with E-state index in [4.69, 9.17) is 23.2 Å². The van der Waals surface area contributed by atoms with Crippen LogP contribution in [0.1, 0.15) is 10.4 Å². The van der Waals surface area contributed by atoms with Crippen LogP contribution in [0.25, 0.3) is 0 Å². The average Bonchev–Trinajstić information content (AvgIpc) is 2.18. The Bertz CT molecular complexity index is 329. The molecule has 0 saturated carbocycles. The van der Waals surface area contributed by atoms with Crippen molar-refractivity contribution in [2.24, 2.45) is 0 Å². The molecule has 1 aromatic rings. The molecule has 0 unspecified atom stereocenters. The predicted octanol–water partition coefficient (Wildman–Crippen LogP) is 2.58. The molecule has 0 aliphatic carbocycles. The second-order valence-electron chi connectivity index (χ2n) is 3.06.